The van der Waals surface area contributed by atoms with E-state index in [0.29, 0.717) is 23.5 Å². The molecule has 1 saturated heterocycles. The van der Waals surface area contributed by atoms with Crippen LogP contribution < -0.4 is 0 Å². The van der Waals surface area contributed by atoms with Gasteiger partial charge in [-0.1, -0.05) is 11.8 Å². The van der Waals surface area contributed by atoms with Crippen LogP contribution in [0.3, 0.4) is 0 Å². The summed E-state index contributed by atoms with van der Waals surface area (Å²) >= 11 is 1.14. The summed E-state index contributed by atoms with van der Waals surface area (Å²) in [5.41, 5.74) is 0. The number of aromatic nitrogens is 3. The van der Waals surface area contributed by atoms with Crippen molar-refractivity contribution in [1.82, 2.24) is 14.8 Å². The molecule has 3 rings (SSSR count). The lowest BCUT2D eigenvalue weighted by atomic mass is 10.1. The molecule has 110 valence electrons. The summed E-state index contributed by atoms with van der Waals surface area (Å²) in [5.74, 6) is 0.106. The van der Waals surface area contributed by atoms with Crippen LogP contribution in [-0.2, 0) is 16.1 Å². The zero-order valence-electron chi connectivity index (χ0n) is 10.9. The van der Waals surface area contributed by atoms with Crippen molar-refractivity contribution in [2.45, 2.75) is 43.2 Å². The first-order chi connectivity index (χ1) is 9.70. The van der Waals surface area contributed by atoms with E-state index in [9.17, 15) is 9.90 Å². The Labute approximate surface area is 120 Å². The van der Waals surface area contributed by atoms with Crippen molar-refractivity contribution in [2.24, 2.45) is 5.92 Å². The number of ether oxygens (including phenoxy) is 1. The molecule has 1 aliphatic carbocycles. The lowest BCUT2D eigenvalue weighted by molar-refractivity contribution is -0.133. The van der Waals surface area contributed by atoms with Gasteiger partial charge in [-0.05, 0) is 25.2 Å². The highest BCUT2D eigenvalue weighted by Crippen LogP contribution is 2.44. The average molecular weight is 299 g/mol. The Hall–Kier alpha value is -1.12. The molecule has 0 spiro atoms. The Kier molecular flexibility index (Phi) is 3.95. The van der Waals surface area contributed by atoms with E-state index in [1.165, 1.54) is 12.8 Å². The van der Waals surface area contributed by atoms with Gasteiger partial charge in [0.1, 0.15) is 6.61 Å². The molecule has 8 heteroatoms. The molecule has 1 aromatic heterocycles. The summed E-state index contributed by atoms with van der Waals surface area (Å²) in [4.78, 5) is 10.7. The van der Waals surface area contributed by atoms with Gasteiger partial charge < -0.3 is 14.9 Å². The Bertz CT molecular complexity index is 503. The lowest BCUT2D eigenvalue weighted by Crippen LogP contribution is -2.24. The predicted molar refractivity (Wildman–Crippen MR) is 70.4 cm³/mol. The number of aliphatic hydroxyl groups excluding tert-OH is 1. The SMILES string of the molecule is O=C(O)CSc1nnc(CO)n1C1CCOC1C1CC1. The third-order valence-corrected chi connectivity index (χ3v) is 4.65. The van der Waals surface area contributed by atoms with E-state index in [4.69, 9.17) is 9.84 Å². The van der Waals surface area contributed by atoms with Gasteiger partial charge in [0.25, 0.3) is 0 Å². The summed E-state index contributed by atoms with van der Waals surface area (Å²) in [6.45, 7) is 0.492. The minimum atomic E-state index is -0.892. The third-order valence-electron chi connectivity index (χ3n) is 3.72. The fourth-order valence-corrected chi connectivity index (χ4v) is 3.46. The Balaban J connectivity index is 1.85. The summed E-state index contributed by atoms with van der Waals surface area (Å²) in [6.07, 6.45) is 3.35. The second-order valence-electron chi connectivity index (χ2n) is 5.14. The normalized spacial score (nSPS) is 26.1. The number of carbonyl (C=O) groups is 1. The first kappa shape index (κ1) is 13.8. The number of carboxylic acid groups (broad SMARTS) is 1. The topological polar surface area (TPSA) is 97.5 Å². The second kappa shape index (κ2) is 5.71. The molecule has 7 nitrogen and oxygen atoms in total. The smallest absolute Gasteiger partial charge is 0.313 e. The highest BCUT2D eigenvalue weighted by molar-refractivity contribution is 7.99. The van der Waals surface area contributed by atoms with Gasteiger partial charge in [-0.15, -0.1) is 10.2 Å². The zero-order valence-corrected chi connectivity index (χ0v) is 11.8. The molecule has 2 unspecified atom stereocenters. The van der Waals surface area contributed by atoms with Gasteiger partial charge in [-0.2, -0.15) is 0 Å². The molecule has 1 saturated carbocycles. The van der Waals surface area contributed by atoms with Crippen molar-refractivity contribution in [2.75, 3.05) is 12.4 Å². The largest absolute Gasteiger partial charge is 0.481 e. The Morgan fingerprint density at radius 1 is 1.40 bits per heavy atom. The summed E-state index contributed by atoms with van der Waals surface area (Å²) in [6, 6.07) is 0.107. The van der Waals surface area contributed by atoms with Crippen LogP contribution in [0.15, 0.2) is 5.16 Å². The number of thioether (sulfide) groups is 1. The number of aliphatic hydroxyl groups is 1. The van der Waals surface area contributed by atoms with Crippen LogP contribution in [0.2, 0.25) is 0 Å². The van der Waals surface area contributed by atoms with E-state index in [1.54, 1.807) is 0 Å². The monoisotopic (exact) mass is 299 g/mol. The summed E-state index contributed by atoms with van der Waals surface area (Å²) in [7, 11) is 0. The summed E-state index contributed by atoms with van der Waals surface area (Å²) in [5, 5.41) is 26.7. The van der Waals surface area contributed by atoms with E-state index >= 15 is 0 Å². The van der Waals surface area contributed by atoms with E-state index in [1.807, 2.05) is 4.57 Å². The minimum absolute atomic E-state index is 0.0643. The van der Waals surface area contributed by atoms with E-state index in [-0.39, 0.29) is 24.5 Å². The molecule has 0 bridgehead atoms. The molecule has 2 aliphatic rings. The second-order valence-corrected chi connectivity index (χ2v) is 6.08. The van der Waals surface area contributed by atoms with Gasteiger partial charge in [0.15, 0.2) is 11.0 Å². The van der Waals surface area contributed by atoms with E-state index in [2.05, 4.69) is 10.2 Å². The van der Waals surface area contributed by atoms with E-state index < -0.39 is 5.97 Å². The van der Waals surface area contributed by atoms with Crippen LogP contribution in [0.5, 0.6) is 0 Å². The molecule has 2 fully saturated rings. The van der Waals surface area contributed by atoms with Crippen LogP contribution in [0.1, 0.15) is 31.1 Å². The fraction of sp³-hybridized carbons (Fsp3) is 0.750. The summed E-state index contributed by atoms with van der Waals surface area (Å²) < 4.78 is 7.69. The van der Waals surface area contributed by atoms with E-state index in [0.717, 1.165) is 18.2 Å². The van der Waals surface area contributed by atoms with Crippen molar-refractivity contribution in [3.63, 3.8) is 0 Å². The number of hydrogen-bond donors (Lipinski definition) is 2. The van der Waals surface area contributed by atoms with Gasteiger partial charge in [0, 0.05) is 6.61 Å². The average Bonchev–Trinajstić information content (AvgIpc) is 3.02. The Morgan fingerprint density at radius 3 is 2.85 bits per heavy atom. The van der Waals surface area contributed by atoms with Crippen LogP contribution in [0.4, 0.5) is 0 Å². The molecule has 2 N–H and O–H groups in total. The molecular formula is C12H17N3O4S. The number of hydrogen-bond acceptors (Lipinski definition) is 6. The molecule has 0 radical (unpaired) electrons. The van der Waals surface area contributed by atoms with Crippen molar-refractivity contribution in [3.8, 4) is 0 Å². The first-order valence-electron chi connectivity index (χ1n) is 6.71. The van der Waals surface area contributed by atoms with Crippen LogP contribution in [0.25, 0.3) is 0 Å². The van der Waals surface area contributed by atoms with Crippen LogP contribution in [0, 0.1) is 5.92 Å². The van der Waals surface area contributed by atoms with Gasteiger partial charge >= 0.3 is 5.97 Å². The lowest BCUT2D eigenvalue weighted by Gasteiger charge is -2.22. The van der Waals surface area contributed by atoms with Crippen molar-refractivity contribution in [1.29, 1.82) is 0 Å². The molecule has 1 aromatic rings. The first-order valence-corrected chi connectivity index (χ1v) is 7.70. The third kappa shape index (κ3) is 2.68. The fourth-order valence-electron chi connectivity index (χ4n) is 2.72. The number of rotatable bonds is 6. The standard InChI is InChI=1S/C12H17N3O4S/c16-5-9-13-14-12(20-6-10(17)18)15(9)8-3-4-19-11(8)7-1-2-7/h7-8,11,16H,1-6H2,(H,17,18). The number of aliphatic carboxylic acids is 1. The number of carboxylic acids is 1. The zero-order chi connectivity index (χ0) is 14.1. The molecular weight excluding hydrogens is 282 g/mol. The van der Waals surface area contributed by atoms with Gasteiger partial charge in [0.2, 0.25) is 0 Å². The molecule has 2 atom stereocenters. The molecule has 0 amide bonds. The maximum atomic E-state index is 10.7. The molecule has 0 aromatic carbocycles. The van der Waals surface area contributed by atoms with Gasteiger partial charge in [-0.3, -0.25) is 9.36 Å². The quantitative estimate of drug-likeness (QED) is 0.746. The predicted octanol–water partition coefficient (Wildman–Crippen LogP) is 0.687. The van der Waals surface area contributed by atoms with Crippen molar-refractivity contribution >= 4 is 17.7 Å². The van der Waals surface area contributed by atoms with Crippen LogP contribution in [-0.4, -0.2) is 49.4 Å². The van der Waals surface area contributed by atoms with Gasteiger partial charge in [0.05, 0.1) is 17.9 Å². The highest BCUT2D eigenvalue weighted by Gasteiger charge is 2.43. The van der Waals surface area contributed by atoms with Crippen molar-refractivity contribution in [3.05, 3.63) is 5.82 Å². The van der Waals surface area contributed by atoms with Gasteiger partial charge in [-0.25, -0.2) is 0 Å². The van der Waals surface area contributed by atoms with Crippen molar-refractivity contribution < 1.29 is 19.7 Å². The van der Waals surface area contributed by atoms with Crippen LogP contribution >= 0.6 is 11.8 Å². The maximum Gasteiger partial charge on any atom is 0.313 e. The molecule has 20 heavy (non-hydrogen) atoms. The molecule has 1 aliphatic heterocycles. The maximum absolute atomic E-state index is 10.7. The molecule has 2 heterocycles. The minimum Gasteiger partial charge on any atom is -0.481 e. The Morgan fingerprint density at radius 2 is 2.20 bits per heavy atom. The number of nitrogens with zero attached hydrogens (tertiary/aromatic N) is 3. The highest BCUT2D eigenvalue weighted by atomic mass is 32.2.